The second kappa shape index (κ2) is 6.93. The van der Waals surface area contributed by atoms with E-state index in [2.05, 4.69) is 5.32 Å². The lowest BCUT2D eigenvalue weighted by atomic mass is 10.2. The zero-order valence-corrected chi connectivity index (χ0v) is 10.8. The molecule has 3 amide bonds. The molecule has 0 aromatic rings. The van der Waals surface area contributed by atoms with Gasteiger partial charge in [-0.25, -0.2) is 9.59 Å². The lowest BCUT2D eigenvalue weighted by Crippen LogP contribution is -2.53. The molecule has 0 spiro atoms. The molecule has 1 atom stereocenters. The van der Waals surface area contributed by atoms with E-state index in [1.165, 1.54) is 6.92 Å². The van der Waals surface area contributed by atoms with Crippen molar-refractivity contribution in [1.82, 2.24) is 15.1 Å². The van der Waals surface area contributed by atoms with Crippen LogP contribution in [-0.4, -0.2) is 76.7 Å². The lowest BCUT2D eigenvalue weighted by Gasteiger charge is -2.34. The first-order valence-electron chi connectivity index (χ1n) is 6.11. The Morgan fingerprint density at radius 3 is 2.16 bits per heavy atom. The van der Waals surface area contributed by atoms with Crippen LogP contribution in [0.3, 0.4) is 0 Å². The maximum atomic E-state index is 11.7. The fraction of sp³-hybridized carbons (Fsp3) is 0.727. The molecule has 0 radical (unpaired) electrons. The number of nitrogens with one attached hydrogen (secondary N) is 1. The molecular weight excluding hydrogens is 254 g/mol. The summed E-state index contributed by atoms with van der Waals surface area (Å²) in [4.78, 5) is 36.4. The monoisotopic (exact) mass is 273 g/mol. The number of carbonyl (C=O) groups excluding carboxylic acids is 2. The van der Waals surface area contributed by atoms with Crippen LogP contribution < -0.4 is 5.32 Å². The van der Waals surface area contributed by atoms with Crippen molar-refractivity contribution < 1.29 is 24.6 Å². The van der Waals surface area contributed by atoms with Gasteiger partial charge in [0.05, 0.1) is 0 Å². The van der Waals surface area contributed by atoms with Gasteiger partial charge in [0.25, 0.3) is 0 Å². The SMILES string of the molecule is CC(=O)N1CCN(C(=O)NCCC(O)C(=O)O)CC1. The third-order valence-electron chi connectivity index (χ3n) is 2.99. The zero-order chi connectivity index (χ0) is 14.4. The first-order chi connectivity index (χ1) is 8.91. The van der Waals surface area contributed by atoms with Crippen LogP contribution in [0, 0.1) is 0 Å². The van der Waals surface area contributed by atoms with Crippen molar-refractivity contribution in [3.63, 3.8) is 0 Å². The van der Waals surface area contributed by atoms with Gasteiger partial charge in [0.15, 0.2) is 6.10 Å². The maximum Gasteiger partial charge on any atom is 0.332 e. The number of carbonyl (C=O) groups is 3. The van der Waals surface area contributed by atoms with Crippen molar-refractivity contribution in [3.8, 4) is 0 Å². The summed E-state index contributed by atoms with van der Waals surface area (Å²) in [5, 5.41) is 20.0. The quantitative estimate of drug-likeness (QED) is 0.589. The Labute approximate surface area is 111 Å². The molecule has 1 aliphatic heterocycles. The summed E-state index contributed by atoms with van der Waals surface area (Å²) < 4.78 is 0. The molecule has 8 heteroatoms. The number of urea groups is 1. The van der Waals surface area contributed by atoms with Gasteiger partial charge in [-0.15, -0.1) is 0 Å². The topological polar surface area (TPSA) is 110 Å². The van der Waals surface area contributed by atoms with E-state index in [0.29, 0.717) is 26.2 Å². The summed E-state index contributed by atoms with van der Waals surface area (Å²) in [5.41, 5.74) is 0. The van der Waals surface area contributed by atoms with Crippen LogP contribution >= 0.6 is 0 Å². The van der Waals surface area contributed by atoms with Gasteiger partial charge in [0.2, 0.25) is 5.91 Å². The second-order valence-electron chi connectivity index (χ2n) is 4.37. The molecule has 0 aromatic heterocycles. The largest absolute Gasteiger partial charge is 0.479 e. The minimum atomic E-state index is -1.46. The molecule has 1 unspecified atom stereocenters. The van der Waals surface area contributed by atoms with Gasteiger partial charge in [0.1, 0.15) is 0 Å². The van der Waals surface area contributed by atoms with Gasteiger partial charge < -0.3 is 25.3 Å². The number of amides is 3. The molecule has 3 N–H and O–H groups in total. The first-order valence-corrected chi connectivity index (χ1v) is 6.11. The van der Waals surface area contributed by atoms with Crippen LogP contribution in [-0.2, 0) is 9.59 Å². The number of rotatable bonds is 4. The molecule has 1 heterocycles. The van der Waals surface area contributed by atoms with E-state index in [4.69, 9.17) is 10.2 Å². The summed E-state index contributed by atoms with van der Waals surface area (Å²) in [6.45, 7) is 3.49. The number of nitrogens with zero attached hydrogens (tertiary/aromatic N) is 2. The number of aliphatic hydroxyl groups excluding tert-OH is 1. The van der Waals surface area contributed by atoms with E-state index < -0.39 is 12.1 Å². The smallest absolute Gasteiger partial charge is 0.332 e. The van der Waals surface area contributed by atoms with Crippen molar-refractivity contribution in [2.75, 3.05) is 32.7 Å². The third kappa shape index (κ3) is 4.74. The Morgan fingerprint density at radius 2 is 1.68 bits per heavy atom. The predicted octanol–water partition coefficient (Wildman–Crippen LogP) is -1.30. The Hall–Kier alpha value is -1.83. The van der Waals surface area contributed by atoms with E-state index in [1.807, 2.05) is 0 Å². The molecule has 0 bridgehead atoms. The second-order valence-corrected chi connectivity index (χ2v) is 4.37. The molecule has 19 heavy (non-hydrogen) atoms. The fourth-order valence-electron chi connectivity index (χ4n) is 1.78. The van der Waals surface area contributed by atoms with Gasteiger partial charge >= 0.3 is 12.0 Å². The van der Waals surface area contributed by atoms with Gasteiger partial charge in [-0.1, -0.05) is 0 Å². The summed E-state index contributed by atoms with van der Waals surface area (Å²) in [7, 11) is 0. The molecule has 1 rings (SSSR count). The van der Waals surface area contributed by atoms with Crippen LogP contribution in [0.25, 0.3) is 0 Å². The number of piperazine rings is 1. The van der Waals surface area contributed by atoms with Crippen LogP contribution in [0.4, 0.5) is 4.79 Å². The van der Waals surface area contributed by atoms with Gasteiger partial charge in [-0.05, 0) is 0 Å². The van der Waals surface area contributed by atoms with Gasteiger partial charge in [0, 0.05) is 46.1 Å². The third-order valence-corrected chi connectivity index (χ3v) is 2.99. The van der Waals surface area contributed by atoms with Crippen molar-refractivity contribution in [3.05, 3.63) is 0 Å². The highest BCUT2D eigenvalue weighted by Gasteiger charge is 2.22. The number of carboxylic acids is 1. The molecule has 0 aromatic carbocycles. The van der Waals surface area contributed by atoms with E-state index in [-0.39, 0.29) is 24.9 Å². The summed E-state index contributed by atoms with van der Waals surface area (Å²) in [6, 6.07) is -0.305. The Balaban J connectivity index is 2.24. The Kier molecular flexibility index (Phi) is 5.56. The number of carboxylic acid groups (broad SMARTS) is 1. The number of aliphatic hydroxyl groups is 1. The summed E-state index contributed by atoms with van der Waals surface area (Å²) in [5.74, 6) is -1.31. The van der Waals surface area contributed by atoms with E-state index in [1.54, 1.807) is 9.80 Å². The summed E-state index contributed by atoms with van der Waals surface area (Å²) in [6.07, 6.45) is -1.50. The molecule has 1 saturated heterocycles. The molecular formula is C11H19N3O5. The van der Waals surface area contributed by atoms with Crippen LogP contribution in [0.5, 0.6) is 0 Å². The average molecular weight is 273 g/mol. The standard InChI is InChI=1S/C11H19N3O5/c1-8(15)13-4-6-14(7-5-13)11(19)12-3-2-9(16)10(17)18/h9,16H,2-7H2,1H3,(H,12,19)(H,17,18). The molecule has 8 nitrogen and oxygen atoms in total. The normalized spacial score (nSPS) is 16.9. The van der Waals surface area contributed by atoms with E-state index >= 15 is 0 Å². The average Bonchev–Trinajstić information content (AvgIpc) is 2.38. The van der Waals surface area contributed by atoms with Crippen LogP contribution in [0.15, 0.2) is 0 Å². The van der Waals surface area contributed by atoms with E-state index in [9.17, 15) is 14.4 Å². The minimum absolute atomic E-state index is 0.00959. The lowest BCUT2D eigenvalue weighted by molar-refractivity contribution is -0.146. The highest BCUT2D eigenvalue weighted by molar-refractivity contribution is 5.76. The predicted molar refractivity (Wildman–Crippen MR) is 65.5 cm³/mol. The van der Waals surface area contributed by atoms with Crippen LogP contribution in [0.2, 0.25) is 0 Å². The highest BCUT2D eigenvalue weighted by atomic mass is 16.4. The van der Waals surface area contributed by atoms with E-state index in [0.717, 1.165) is 0 Å². The van der Waals surface area contributed by atoms with Crippen molar-refractivity contribution in [2.45, 2.75) is 19.4 Å². The highest BCUT2D eigenvalue weighted by Crippen LogP contribution is 2.02. The first kappa shape index (κ1) is 15.2. The maximum absolute atomic E-state index is 11.7. The molecule has 1 fully saturated rings. The van der Waals surface area contributed by atoms with Crippen molar-refractivity contribution in [2.24, 2.45) is 0 Å². The Bertz CT molecular complexity index is 352. The molecule has 0 saturated carbocycles. The zero-order valence-electron chi connectivity index (χ0n) is 10.8. The minimum Gasteiger partial charge on any atom is -0.479 e. The van der Waals surface area contributed by atoms with Crippen molar-refractivity contribution >= 4 is 17.9 Å². The fourth-order valence-corrected chi connectivity index (χ4v) is 1.78. The van der Waals surface area contributed by atoms with Crippen LogP contribution in [0.1, 0.15) is 13.3 Å². The Morgan fingerprint density at radius 1 is 1.16 bits per heavy atom. The number of aliphatic carboxylic acids is 1. The summed E-state index contributed by atoms with van der Waals surface area (Å²) >= 11 is 0. The van der Waals surface area contributed by atoms with Gasteiger partial charge in [-0.2, -0.15) is 0 Å². The number of hydrogen-bond donors (Lipinski definition) is 3. The molecule has 108 valence electrons. The number of hydrogen-bond acceptors (Lipinski definition) is 4. The van der Waals surface area contributed by atoms with Crippen molar-refractivity contribution in [1.29, 1.82) is 0 Å². The molecule has 0 aliphatic carbocycles. The van der Waals surface area contributed by atoms with Gasteiger partial charge in [-0.3, -0.25) is 4.79 Å². The molecule has 1 aliphatic rings.